The van der Waals surface area contributed by atoms with Crippen LogP contribution in [0, 0.1) is 11.8 Å². The van der Waals surface area contributed by atoms with Crippen LogP contribution in [-0.4, -0.2) is 49.0 Å². The molecular formula is C18H29NO5. The summed E-state index contributed by atoms with van der Waals surface area (Å²) in [5, 5.41) is 0. The van der Waals surface area contributed by atoms with Crippen LogP contribution in [0.1, 0.15) is 58.3 Å². The van der Waals surface area contributed by atoms with E-state index in [1.54, 1.807) is 11.8 Å². The second-order valence-electron chi connectivity index (χ2n) is 6.80. The van der Waals surface area contributed by atoms with Gasteiger partial charge in [0.05, 0.1) is 13.7 Å². The van der Waals surface area contributed by atoms with Gasteiger partial charge in [0.15, 0.2) is 0 Å². The molecule has 1 amide bonds. The summed E-state index contributed by atoms with van der Waals surface area (Å²) in [4.78, 5) is 37.9. The Balaban J connectivity index is 2.03. The molecule has 6 nitrogen and oxygen atoms in total. The number of hydrogen-bond acceptors (Lipinski definition) is 5. The van der Waals surface area contributed by atoms with Crippen molar-refractivity contribution in [3.8, 4) is 0 Å². The first-order chi connectivity index (χ1) is 11.6. The molecule has 2 rings (SSSR count). The predicted molar refractivity (Wildman–Crippen MR) is 88.5 cm³/mol. The first-order valence-electron chi connectivity index (χ1n) is 9.09. The van der Waals surface area contributed by atoms with Gasteiger partial charge in [0.1, 0.15) is 12.2 Å². The summed E-state index contributed by atoms with van der Waals surface area (Å²) in [7, 11) is 1.40. The number of ether oxygens (including phenoxy) is 2. The summed E-state index contributed by atoms with van der Waals surface area (Å²) >= 11 is 0. The minimum atomic E-state index is -0.452. The van der Waals surface area contributed by atoms with Crippen molar-refractivity contribution in [1.29, 1.82) is 0 Å². The van der Waals surface area contributed by atoms with Crippen LogP contribution in [0.5, 0.6) is 0 Å². The first-order valence-corrected chi connectivity index (χ1v) is 9.09. The van der Waals surface area contributed by atoms with Gasteiger partial charge in [-0.05, 0) is 38.5 Å². The normalized spacial score (nSPS) is 25.2. The van der Waals surface area contributed by atoms with Crippen LogP contribution in [0.15, 0.2) is 0 Å². The van der Waals surface area contributed by atoms with E-state index in [-0.39, 0.29) is 36.9 Å². The number of esters is 1. The molecule has 2 fully saturated rings. The molecule has 136 valence electrons. The first kappa shape index (κ1) is 18.7. The van der Waals surface area contributed by atoms with E-state index in [4.69, 9.17) is 9.47 Å². The van der Waals surface area contributed by atoms with E-state index in [9.17, 15) is 14.4 Å². The fourth-order valence-corrected chi connectivity index (χ4v) is 4.10. The number of hydrogen-bond donors (Lipinski definition) is 0. The summed E-state index contributed by atoms with van der Waals surface area (Å²) in [6.07, 6.45) is 6.56. The Morgan fingerprint density at radius 2 is 1.79 bits per heavy atom. The van der Waals surface area contributed by atoms with E-state index >= 15 is 0 Å². The molecular weight excluding hydrogens is 310 g/mol. The van der Waals surface area contributed by atoms with Crippen molar-refractivity contribution in [1.82, 2.24) is 4.90 Å². The molecule has 1 heterocycles. The SMILES string of the molecule is CCOC(=O)CC(=O)[C@@H]1CCN(C(=O)OC)[C@H](C2CCCCC2)C1. The van der Waals surface area contributed by atoms with Crippen LogP contribution < -0.4 is 0 Å². The number of carbonyl (C=O) groups excluding carboxylic acids is 3. The highest BCUT2D eigenvalue weighted by Gasteiger charge is 2.39. The van der Waals surface area contributed by atoms with Gasteiger partial charge in [-0.1, -0.05) is 19.3 Å². The average Bonchev–Trinajstić information content (AvgIpc) is 2.61. The van der Waals surface area contributed by atoms with Gasteiger partial charge in [-0.3, -0.25) is 9.59 Å². The van der Waals surface area contributed by atoms with Crippen molar-refractivity contribution in [3.05, 3.63) is 0 Å². The number of carbonyl (C=O) groups is 3. The van der Waals surface area contributed by atoms with Crippen molar-refractivity contribution in [2.45, 2.75) is 64.3 Å². The van der Waals surface area contributed by atoms with Gasteiger partial charge >= 0.3 is 12.1 Å². The van der Waals surface area contributed by atoms with Crippen LogP contribution >= 0.6 is 0 Å². The lowest BCUT2D eigenvalue weighted by Crippen LogP contribution is -2.51. The van der Waals surface area contributed by atoms with Gasteiger partial charge < -0.3 is 14.4 Å². The smallest absolute Gasteiger partial charge is 0.409 e. The highest BCUT2D eigenvalue weighted by Crippen LogP contribution is 2.36. The van der Waals surface area contributed by atoms with Gasteiger partial charge in [0.25, 0.3) is 0 Å². The van der Waals surface area contributed by atoms with Gasteiger partial charge in [-0.2, -0.15) is 0 Å². The molecule has 0 radical (unpaired) electrons. The van der Waals surface area contributed by atoms with E-state index in [2.05, 4.69) is 0 Å². The van der Waals surface area contributed by atoms with Crippen molar-refractivity contribution in [3.63, 3.8) is 0 Å². The second-order valence-corrected chi connectivity index (χ2v) is 6.80. The maximum atomic E-state index is 12.4. The third-order valence-corrected chi connectivity index (χ3v) is 5.33. The third kappa shape index (κ3) is 4.71. The zero-order valence-corrected chi connectivity index (χ0v) is 14.8. The number of methoxy groups -OCH3 is 1. The minimum absolute atomic E-state index is 0.0441. The largest absolute Gasteiger partial charge is 0.466 e. The van der Waals surface area contributed by atoms with E-state index < -0.39 is 5.97 Å². The molecule has 2 aliphatic rings. The molecule has 0 N–H and O–H groups in total. The maximum Gasteiger partial charge on any atom is 0.409 e. The lowest BCUT2D eigenvalue weighted by molar-refractivity contribution is -0.146. The van der Waals surface area contributed by atoms with E-state index in [1.807, 2.05) is 0 Å². The number of Topliss-reactive ketones (excluding diaryl/α,β-unsaturated/α-hetero) is 1. The van der Waals surface area contributed by atoms with Crippen LogP contribution in [0.2, 0.25) is 0 Å². The summed E-state index contributed by atoms with van der Waals surface area (Å²) in [5.41, 5.74) is 0. The average molecular weight is 339 g/mol. The molecule has 0 unspecified atom stereocenters. The van der Waals surface area contributed by atoms with Gasteiger partial charge in [0.2, 0.25) is 0 Å². The van der Waals surface area contributed by atoms with Gasteiger partial charge in [0, 0.05) is 18.5 Å². The van der Waals surface area contributed by atoms with Crippen LogP contribution in [0.3, 0.4) is 0 Å². The van der Waals surface area contributed by atoms with Crippen molar-refractivity contribution in [2.75, 3.05) is 20.3 Å². The number of piperidine rings is 1. The minimum Gasteiger partial charge on any atom is -0.466 e. The third-order valence-electron chi connectivity index (χ3n) is 5.33. The molecule has 0 aromatic rings. The molecule has 6 heteroatoms. The Hall–Kier alpha value is -1.59. The lowest BCUT2D eigenvalue weighted by Gasteiger charge is -2.43. The molecule has 24 heavy (non-hydrogen) atoms. The van der Waals surface area contributed by atoms with Crippen molar-refractivity contribution in [2.24, 2.45) is 11.8 Å². The summed E-state index contributed by atoms with van der Waals surface area (Å²) < 4.78 is 9.81. The lowest BCUT2D eigenvalue weighted by atomic mass is 9.76. The fourth-order valence-electron chi connectivity index (χ4n) is 4.10. The monoisotopic (exact) mass is 339 g/mol. The molecule has 0 spiro atoms. The molecule has 1 saturated carbocycles. The summed E-state index contributed by atoms with van der Waals surface area (Å²) in [6, 6.07) is 0.0441. The molecule has 0 aromatic carbocycles. The van der Waals surface area contributed by atoms with Gasteiger partial charge in [-0.25, -0.2) is 4.79 Å². The summed E-state index contributed by atoms with van der Waals surface area (Å²) in [5.74, 6) is -0.246. The Bertz CT molecular complexity index is 458. The van der Waals surface area contributed by atoms with Crippen molar-refractivity contribution >= 4 is 17.8 Å². The standard InChI is InChI=1S/C18H29NO5/c1-3-24-17(21)12-16(20)14-9-10-19(18(22)23-2)15(11-14)13-7-5-4-6-8-13/h13-15H,3-12H2,1-2H3/t14-,15+/m1/s1. The number of amides is 1. The Labute approximate surface area is 143 Å². The number of likely N-dealkylation sites (tertiary alicyclic amines) is 1. The Morgan fingerprint density at radius 3 is 2.42 bits per heavy atom. The topological polar surface area (TPSA) is 72.9 Å². The molecule has 0 bridgehead atoms. The number of nitrogens with zero attached hydrogens (tertiary/aromatic N) is 1. The number of rotatable bonds is 5. The van der Waals surface area contributed by atoms with Crippen LogP contribution in [0.4, 0.5) is 4.79 Å². The van der Waals surface area contributed by atoms with E-state index in [1.165, 1.54) is 26.4 Å². The zero-order chi connectivity index (χ0) is 17.5. The quantitative estimate of drug-likeness (QED) is 0.569. The van der Waals surface area contributed by atoms with Crippen molar-refractivity contribution < 1.29 is 23.9 Å². The van der Waals surface area contributed by atoms with E-state index in [0.717, 1.165) is 12.8 Å². The highest BCUT2D eigenvalue weighted by atomic mass is 16.5. The predicted octanol–water partition coefficient (Wildman–Crippen LogP) is 2.94. The summed E-state index contributed by atoms with van der Waals surface area (Å²) in [6.45, 7) is 2.54. The van der Waals surface area contributed by atoms with Gasteiger partial charge in [-0.15, -0.1) is 0 Å². The Kier molecular flexibility index (Phi) is 7.06. The fraction of sp³-hybridized carbons (Fsp3) is 0.833. The highest BCUT2D eigenvalue weighted by molar-refractivity contribution is 5.96. The number of ketones is 1. The zero-order valence-electron chi connectivity index (χ0n) is 14.8. The van der Waals surface area contributed by atoms with E-state index in [0.29, 0.717) is 25.3 Å². The van der Waals surface area contributed by atoms with Crippen LogP contribution in [-0.2, 0) is 19.1 Å². The molecule has 0 aromatic heterocycles. The maximum absolute atomic E-state index is 12.4. The molecule has 2 atom stereocenters. The van der Waals surface area contributed by atoms with Crippen LogP contribution in [0.25, 0.3) is 0 Å². The molecule has 1 aliphatic carbocycles. The Morgan fingerprint density at radius 1 is 1.08 bits per heavy atom. The molecule has 1 saturated heterocycles. The molecule has 1 aliphatic heterocycles. The second kappa shape index (κ2) is 9.04.